The highest BCUT2D eigenvalue weighted by Crippen LogP contribution is 2.06. The molecular weight excluding hydrogens is 174 g/mol. The largest absolute Gasteiger partial charge is 0.480 e. The molecule has 0 aromatic heterocycles. The number of carboxylic acid groups (broad SMARTS) is 1. The van der Waals surface area contributed by atoms with Crippen molar-refractivity contribution in [2.24, 2.45) is 0 Å². The van der Waals surface area contributed by atoms with Gasteiger partial charge in [-0.1, -0.05) is 0 Å². The normalized spacial score (nSPS) is 17.6. The van der Waals surface area contributed by atoms with Crippen LogP contribution >= 0.6 is 0 Å². The molecule has 5 heteroatoms. The minimum atomic E-state index is -2.82. The zero-order chi connectivity index (χ0) is 13.1. The standard InChI is InChI=1S/C8H15NO4/c1-5(6(10)11)9-7(12)13-8(2,3)4/h5H,1-4H3,(H,9,12)(H,10,11)/t5-/m0/s1/i1D3. The first-order valence-electron chi connectivity index (χ1n) is 5.16. The van der Waals surface area contributed by atoms with Crippen LogP contribution in [0.25, 0.3) is 0 Å². The van der Waals surface area contributed by atoms with Crippen LogP contribution in [-0.4, -0.2) is 28.8 Å². The van der Waals surface area contributed by atoms with Crippen LogP contribution in [0.5, 0.6) is 0 Å². The highest BCUT2D eigenvalue weighted by molar-refractivity contribution is 5.79. The zero-order valence-corrected chi connectivity index (χ0v) is 7.75. The maximum atomic E-state index is 11.2. The van der Waals surface area contributed by atoms with Crippen LogP contribution in [0.4, 0.5) is 4.79 Å². The average molecular weight is 192 g/mol. The summed E-state index contributed by atoms with van der Waals surface area (Å²) in [6.45, 7) is 1.93. The fourth-order valence-electron chi connectivity index (χ4n) is 0.487. The van der Waals surface area contributed by atoms with E-state index in [2.05, 4.69) is 0 Å². The van der Waals surface area contributed by atoms with Gasteiger partial charge in [0.1, 0.15) is 11.6 Å². The third-order valence-electron chi connectivity index (χ3n) is 0.908. The zero-order valence-electron chi connectivity index (χ0n) is 10.7. The summed E-state index contributed by atoms with van der Waals surface area (Å²) < 4.78 is 25.5. The smallest absolute Gasteiger partial charge is 0.408 e. The highest BCUT2D eigenvalue weighted by atomic mass is 16.6. The predicted octanol–water partition coefficient (Wildman–Crippen LogP) is 0.984. The molecule has 1 amide bonds. The highest BCUT2D eigenvalue weighted by Gasteiger charge is 2.20. The number of aliphatic carboxylic acids is 1. The molecule has 0 fully saturated rings. The van der Waals surface area contributed by atoms with E-state index in [4.69, 9.17) is 14.0 Å². The van der Waals surface area contributed by atoms with Gasteiger partial charge in [-0.2, -0.15) is 0 Å². The van der Waals surface area contributed by atoms with Crippen molar-refractivity contribution >= 4 is 12.1 Å². The van der Waals surface area contributed by atoms with Crippen LogP contribution in [0.2, 0.25) is 0 Å². The molecule has 0 saturated carbocycles. The summed E-state index contributed by atoms with van der Waals surface area (Å²) >= 11 is 0. The third kappa shape index (κ3) is 5.95. The van der Waals surface area contributed by atoms with Gasteiger partial charge in [-0.15, -0.1) is 0 Å². The summed E-state index contributed by atoms with van der Waals surface area (Å²) in [5, 5.41) is 10.4. The van der Waals surface area contributed by atoms with Crippen molar-refractivity contribution in [3.63, 3.8) is 0 Å². The Labute approximate surface area is 81.3 Å². The molecule has 13 heavy (non-hydrogen) atoms. The fourth-order valence-corrected chi connectivity index (χ4v) is 0.487. The number of alkyl carbamates (subject to hydrolysis) is 1. The predicted molar refractivity (Wildman–Crippen MR) is 46.5 cm³/mol. The van der Waals surface area contributed by atoms with E-state index < -0.39 is 30.6 Å². The van der Waals surface area contributed by atoms with E-state index in [1.54, 1.807) is 26.1 Å². The lowest BCUT2D eigenvalue weighted by Crippen LogP contribution is -2.41. The van der Waals surface area contributed by atoms with Gasteiger partial charge in [0.05, 0.1) is 0 Å². The van der Waals surface area contributed by atoms with E-state index in [-0.39, 0.29) is 0 Å². The lowest BCUT2D eigenvalue weighted by molar-refractivity contribution is -0.139. The number of nitrogens with one attached hydrogen (secondary N) is 1. The number of carbonyl (C=O) groups is 2. The molecule has 1 atom stereocenters. The Morgan fingerprint density at radius 2 is 2.08 bits per heavy atom. The van der Waals surface area contributed by atoms with Crippen molar-refractivity contribution in [1.82, 2.24) is 5.32 Å². The molecule has 0 spiro atoms. The summed E-state index contributed by atoms with van der Waals surface area (Å²) in [6.07, 6.45) is -1.07. The van der Waals surface area contributed by atoms with Gasteiger partial charge in [0.25, 0.3) is 0 Å². The quantitative estimate of drug-likeness (QED) is 0.684. The van der Waals surface area contributed by atoms with E-state index in [1.165, 1.54) is 0 Å². The van der Waals surface area contributed by atoms with Gasteiger partial charge in [-0.25, -0.2) is 4.79 Å². The van der Waals surface area contributed by atoms with Gasteiger partial charge < -0.3 is 15.2 Å². The Balaban J connectivity index is 4.56. The van der Waals surface area contributed by atoms with Gasteiger partial charge in [0.2, 0.25) is 0 Å². The van der Waals surface area contributed by atoms with E-state index in [9.17, 15) is 9.59 Å². The molecule has 0 aliphatic carbocycles. The van der Waals surface area contributed by atoms with Crippen molar-refractivity contribution in [2.45, 2.75) is 39.3 Å². The number of rotatable bonds is 2. The first kappa shape index (κ1) is 7.17. The Kier molecular flexibility index (Phi) is 2.27. The number of ether oxygens (including phenoxy) is 1. The van der Waals surface area contributed by atoms with Crippen molar-refractivity contribution in [3.8, 4) is 0 Å². The van der Waals surface area contributed by atoms with Gasteiger partial charge in [0, 0.05) is 4.11 Å². The Hall–Kier alpha value is -1.26. The van der Waals surface area contributed by atoms with E-state index >= 15 is 0 Å². The first-order chi connectivity index (χ1) is 6.93. The maximum Gasteiger partial charge on any atom is 0.408 e. The molecule has 0 aromatic carbocycles. The Morgan fingerprint density at radius 1 is 1.54 bits per heavy atom. The molecular formula is C8H15NO4. The molecule has 5 nitrogen and oxygen atoms in total. The fraction of sp³-hybridized carbons (Fsp3) is 0.750. The summed E-state index contributed by atoms with van der Waals surface area (Å²) in [7, 11) is 0. The van der Waals surface area contributed by atoms with Crippen molar-refractivity contribution in [2.75, 3.05) is 0 Å². The second-order valence-electron chi connectivity index (χ2n) is 3.42. The summed E-state index contributed by atoms with van der Waals surface area (Å²) in [5.41, 5.74) is -0.818. The molecule has 0 rings (SSSR count). The minimum Gasteiger partial charge on any atom is -0.480 e. The van der Waals surface area contributed by atoms with E-state index in [0.29, 0.717) is 0 Å². The molecule has 0 radical (unpaired) electrons. The van der Waals surface area contributed by atoms with Crippen molar-refractivity contribution < 1.29 is 23.5 Å². The van der Waals surface area contributed by atoms with Crippen LogP contribution in [0.3, 0.4) is 0 Å². The SMILES string of the molecule is [2H]C([2H])([2H])[C@H](NC(=O)OC(C)(C)C)C(=O)O. The van der Waals surface area contributed by atoms with Gasteiger partial charge >= 0.3 is 12.1 Å². The van der Waals surface area contributed by atoms with Gasteiger partial charge in [-0.05, 0) is 27.6 Å². The lowest BCUT2D eigenvalue weighted by Gasteiger charge is -2.20. The summed E-state index contributed by atoms with van der Waals surface area (Å²) in [5.74, 6) is -1.63. The number of carboxylic acids is 1. The van der Waals surface area contributed by atoms with Crippen molar-refractivity contribution in [1.29, 1.82) is 0 Å². The van der Waals surface area contributed by atoms with Gasteiger partial charge in [0.15, 0.2) is 0 Å². The number of amides is 1. The summed E-state index contributed by atoms with van der Waals surface area (Å²) in [4.78, 5) is 21.8. The first-order valence-corrected chi connectivity index (χ1v) is 3.66. The summed E-state index contributed by atoms with van der Waals surface area (Å²) in [6, 6.07) is -1.97. The Morgan fingerprint density at radius 3 is 2.38 bits per heavy atom. The number of hydrogen-bond acceptors (Lipinski definition) is 3. The van der Waals surface area contributed by atoms with Crippen molar-refractivity contribution in [3.05, 3.63) is 0 Å². The third-order valence-corrected chi connectivity index (χ3v) is 0.908. The number of carbonyl (C=O) groups excluding carboxylic acids is 1. The van der Waals surface area contributed by atoms with E-state index in [1.807, 2.05) is 0 Å². The topological polar surface area (TPSA) is 75.6 Å². The van der Waals surface area contributed by atoms with Gasteiger partial charge in [-0.3, -0.25) is 4.79 Å². The lowest BCUT2D eigenvalue weighted by atomic mass is 10.2. The molecule has 0 aliphatic heterocycles. The molecule has 0 bridgehead atoms. The second-order valence-corrected chi connectivity index (χ2v) is 3.42. The maximum absolute atomic E-state index is 11.2. The molecule has 0 saturated heterocycles. The van der Waals surface area contributed by atoms with Crippen LogP contribution in [0.15, 0.2) is 0 Å². The number of hydrogen-bond donors (Lipinski definition) is 2. The van der Waals surface area contributed by atoms with Crippen LogP contribution in [-0.2, 0) is 9.53 Å². The molecule has 2 N–H and O–H groups in total. The minimum absolute atomic E-state index is 0.818. The second kappa shape index (κ2) is 4.11. The average Bonchev–Trinajstić information content (AvgIpc) is 1.93. The van der Waals surface area contributed by atoms with Crippen LogP contribution < -0.4 is 5.32 Å². The molecule has 0 heterocycles. The van der Waals surface area contributed by atoms with E-state index in [0.717, 1.165) is 0 Å². The molecule has 0 aromatic rings. The monoisotopic (exact) mass is 192 g/mol. The molecule has 0 aliphatic rings. The molecule has 0 unspecified atom stereocenters. The molecule has 76 valence electrons. The Bertz CT molecular complexity index is 282. The van der Waals surface area contributed by atoms with Crippen LogP contribution in [0.1, 0.15) is 31.7 Å². The van der Waals surface area contributed by atoms with Crippen LogP contribution in [0, 0.1) is 0 Å².